The number of halogens is 3. The molecule has 0 N–H and O–H groups in total. The van der Waals surface area contributed by atoms with Crippen LogP contribution in [-0.4, -0.2) is 23.7 Å². The van der Waals surface area contributed by atoms with Crippen LogP contribution in [-0.2, 0) is 4.65 Å². The van der Waals surface area contributed by atoms with Gasteiger partial charge in [0.05, 0.1) is 12.7 Å². The molecule has 0 aromatic heterocycles. The molecule has 0 unspecified atom stereocenters. The lowest BCUT2D eigenvalue weighted by molar-refractivity contribution is 0.0936. The summed E-state index contributed by atoms with van der Waals surface area (Å²) in [5.41, 5.74) is -0.559. The van der Waals surface area contributed by atoms with E-state index in [0.29, 0.717) is 0 Å². The number of hydrogen-bond donors (Lipinski definition) is 0. The van der Waals surface area contributed by atoms with Crippen LogP contribution in [0.15, 0.2) is 6.07 Å². The van der Waals surface area contributed by atoms with Gasteiger partial charge in [0.1, 0.15) is 0 Å². The summed E-state index contributed by atoms with van der Waals surface area (Å²) in [5.74, 6) is -4.11. The molecule has 20 heavy (non-hydrogen) atoms. The SMILES string of the molecule is COc1c(F)c(F)cc(B2OC(C)(C)C(C)(C)S2)c1F. The van der Waals surface area contributed by atoms with Crippen molar-refractivity contribution in [2.75, 3.05) is 7.11 Å². The molecule has 0 spiro atoms. The Kier molecular flexibility index (Phi) is 3.80. The Morgan fingerprint density at radius 2 is 1.75 bits per heavy atom. The van der Waals surface area contributed by atoms with Gasteiger partial charge in [0.15, 0.2) is 17.4 Å². The highest BCUT2D eigenvalue weighted by Gasteiger charge is 2.52. The van der Waals surface area contributed by atoms with Crippen LogP contribution in [0, 0.1) is 17.5 Å². The zero-order valence-corrected chi connectivity index (χ0v) is 12.8. The standard InChI is InChI=1S/C13H16BF3O2S/c1-12(2)13(3,4)20-14(19-12)7-6-8(15)10(17)11(18-5)9(7)16/h6H,1-5H3. The number of rotatable bonds is 2. The molecule has 0 amide bonds. The second-order valence-corrected chi connectivity index (χ2v) is 7.38. The van der Waals surface area contributed by atoms with Gasteiger partial charge in [0.2, 0.25) is 5.82 Å². The molecule has 1 aliphatic heterocycles. The first-order valence-electron chi connectivity index (χ1n) is 6.17. The lowest BCUT2D eigenvalue weighted by atomic mass is 9.83. The molecule has 1 aromatic rings. The molecular weight excluding hydrogens is 288 g/mol. The van der Waals surface area contributed by atoms with Gasteiger partial charge in [0, 0.05) is 10.2 Å². The number of benzene rings is 1. The lowest BCUT2D eigenvalue weighted by Gasteiger charge is -2.32. The molecule has 0 bridgehead atoms. The predicted molar refractivity (Wildman–Crippen MR) is 75.1 cm³/mol. The smallest absolute Gasteiger partial charge is 0.401 e. The summed E-state index contributed by atoms with van der Waals surface area (Å²) in [5, 5.41) is 0. The van der Waals surface area contributed by atoms with E-state index < -0.39 is 35.0 Å². The van der Waals surface area contributed by atoms with Crippen molar-refractivity contribution in [3.8, 4) is 5.75 Å². The predicted octanol–water partition coefficient (Wildman–Crippen LogP) is 3.13. The van der Waals surface area contributed by atoms with E-state index in [1.54, 1.807) is 0 Å². The fourth-order valence-corrected chi connectivity index (χ4v) is 3.37. The maximum Gasteiger partial charge on any atom is 0.401 e. The minimum absolute atomic E-state index is 0.0376. The van der Waals surface area contributed by atoms with Crippen LogP contribution >= 0.6 is 11.6 Å². The Hall–Kier alpha value is -0.815. The Morgan fingerprint density at radius 3 is 2.20 bits per heavy atom. The molecule has 2 rings (SSSR count). The minimum atomic E-state index is -1.32. The maximum absolute atomic E-state index is 14.2. The molecule has 0 aliphatic carbocycles. The van der Waals surface area contributed by atoms with Crippen molar-refractivity contribution in [1.82, 2.24) is 0 Å². The molecule has 1 aromatic carbocycles. The first kappa shape index (κ1) is 15.6. The molecule has 0 saturated carbocycles. The largest absolute Gasteiger partial charge is 0.491 e. The van der Waals surface area contributed by atoms with Crippen molar-refractivity contribution in [2.24, 2.45) is 0 Å². The van der Waals surface area contributed by atoms with Gasteiger partial charge in [0.25, 0.3) is 0 Å². The third-order valence-electron chi connectivity index (χ3n) is 3.86. The Balaban J connectivity index is 2.48. The van der Waals surface area contributed by atoms with Gasteiger partial charge in [-0.05, 0) is 33.8 Å². The quantitative estimate of drug-likeness (QED) is 0.618. The Bertz CT molecular complexity index is 533. The third kappa shape index (κ3) is 2.31. The van der Waals surface area contributed by atoms with Crippen molar-refractivity contribution in [2.45, 2.75) is 38.0 Å². The van der Waals surface area contributed by atoms with Crippen LogP contribution in [0.4, 0.5) is 13.2 Å². The van der Waals surface area contributed by atoms with E-state index in [4.69, 9.17) is 4.65 Å². The second-order valence-electron chi connectivity index (χ2n) is 5.70. The second kappa shape index (κ2) is 4.88. The summed E-state index contributed by atoms with van der Waals surface area (Å²) in [4.78, 5) is 0. The number of ether oxygens (including phenoxy) is 1. The van der Waals surface area contributed by atoms with E-state index in [2.05, 4.69) is 4.74 Å². The van der Waals surface area contributed by atoms with Crippen LogP contribution in [0.2, 0.25) is 0 Å². The fourth-order valence-electron chi connectivity index (χ4n) is 1.92. The van der Waals surface area contributed by atoms with Crippen LogP contribution < -0.4 is 10.2 Å². The first-order chi connectivity index (χ1) is 9.10. The van der Waals surface area contributed by atoms with Gasteiger partial charge in [-0.1, -0.05) is 0 Å². The van der Waals surface area contributed by atoms with E-state index in [1.165, 1.54) is 11.6 Å². The topological polar surface area (TPSA) is 18.5 Å². The zero-order chi connectivity index (χ0) is 15.3. The van der Waals surface area contributed by atoms with Gasteiger partial charge in [-0.2, -0.15) is 16.0 Å². The summed E-state index contributed by atoms with van der Waals surface area (Å²) in [6, 6.07) is 0.836. The molecule has 0 atom stereocenters. The molecule has 1 aliphatic rings. The van der Waals surface area contributed by atoms with Gasteiger partial charge in [-0.15, -0.1) is 0 Å². The minimum Gasteiger partial charge on any atom is -0.491 e. The number of methoxy groups -OCH3 is 1. The zero-order valence-electron chi connectivity index (χ0n) is 12.0. The summed E-state index contributed by atoms with van der Waals surface area (Å²) in [6.07, 6.45) is -0.705. The van der Waals surface area contributed by atoms with Crippen molar-refractivity contribution in [1.29, 1.82) is 0 Å². The monoisotopic (exact) mass is 304 g/mol. The van der Waals surface area contributed by atoms with E-state index in [9.17, 15) is 13.2 Å². The summed E-state index contributed by atoms with van der Waals surface area (Å²) < 4.78 is 51.4. The molecule has 110 valence electrons. The van der Waals surface area contributed by atoms with Gasteiger partial charge >= 0.3 is 6.19 Å². The maximum atomic E-state index is 14.2. The third-order valence-corrected chi connectivity index (χ3v) is 5.50. The summed E-state index contributed by atoms with van der Waals surface area (Å²) in [7, 11) is 1.10. The molecular formula is C13H16BF3O2S. The van der Waals surface area contributed by atoms with Crippen LogP contribution in [0.5, 0.6) is 5.75 Å². The van der Waals surface area contributed by atoms with Gasteiger partial charge in [-0.3, -0.25) is 0 Å². The molecule has 1 heterocycles. The van der Waals surface area contributed by atoms with Crippen LogP contribution in [0.25, 0.3) is 0 Å². The average molecular weight is 304 g/mol. The van der Waals surface area contributed by atoms with E-state index in [-0.39, 0.29) is 10.2 Å². The van der Waals surface area contributed by atoms with Crippen molar-refractivity contribution in [3.63, 3.8) is 0 Å². The lowest BCUT2D eigenvalue weighted by Crippen LogP contribution is -2.40. The fraction of sp³-hybridized carbons (Fsp3) is 0.538. The van der Waals surface area contributed by atoms with Gasteiger partial charge in [-0.25, -0.2) is 8.78 Å². The molecule has 0 radical (unpaired) electrons. The van der Waals surface area contributed by atoms with E-state index in [0.717, 1.165) is 13.2 Å². The molecule has 1 saturated heterocycles. The van der Waals surface area contributed by atoms with Gasteiger partial charge < -0.3 is 9.39 Å². The molecule has 1 fully saturated rings. The van der Waals surface area contributed by atoms with Crippen molar-refractivity contribution >= 4 is 23.3 Å². The van der Waals surface area contributed by atoms with E-state index >= 15 is 0 Å². The van der Waals surface area contributed by atoms with E-state index in [1.807, 2.05) is 27.7 Å². The molecule has 2 nitrogen and oxygen atoms in total. The average Bonchev–Trinajstić information content (AvgIpc) is 2.54. The van der Waals surface area contributed by atoms with Crippen molar-refractivity contribution in [3.05, 3.63) is 23.5 Å². The van der Waals surface area contributed by atoms with Crippen molar-refractivity contribution < 1.29 is 22.6 Å². The molecule has 7 heteroatoms. The highest BCUT2D eigenvalue weighted by molar-refractivity contribution is 8.27. The number of hydrogen-bond acceptors (Lipinski definition) is 3. The summed E-state index contributed by atoms with van der Waals surface area (Å²) in [6.45, 7) is 7.70. The Labute approximate surface area is 121 Å². The first-order valence-corrected chi connectivity index (χ1v) is 7.05. The highest BCUT2D eigenvalue weighted by atomic mass is 32.2. The van der Waals surface area contributed by atoms with Crippen LogP contribution in [0.3, 0.4) is 0 Å². The Morgan fingerprint density at radius 1 is 1.15 bits per heavy atom. The van der Waals surface area contributed by atoms with Crippen LogP contribution in [0.1, 0.15) is 27.7 Å². The highest BCUT2D eigenvalue weighted by Crippen LogP contribution is 2.47. The normalized spacial score (nSPS) is 20.3. The summed E-state index contributed by atoms with van der Waals surface area (Å²) >= 11 is 1.37.